The highest BCUT2D eigenvalue weighted by Crippen LogP contribution is 2.35. The Balaban J connectivity index is 2.28. The maximum Gasteiger partial charge on any atom is 0.198 e. The van der Waals surface area contributed by atoms with E-state index in [1.165, 1.54) is 0 Å². The zero-order valence-corrected chi connectivity index (χ0v) is 11.8. The summed E-state index contributed by atoms with van der Waals surface area (Å²) in [6, 6.07) is 11.2. The molecule has 1 heterocycles. The Kier molecular flexibility index (Phi) is 3.31. The second kappa shape index (κ2) is 5.28. The standard InChI is InChI=1S/C16H14N3O2/c1-20-14-7-12-13(8-15(14)21-2)18-9-19-16(12)10-4-3-5-11(17)6-10/h3-8H,17H2,1-2H3. The van der Waals surface area contributed by atoms with E-state index in [4.69, 9.17) is 15.2 Å². The fraction of sp³-hybridized carbons (Fsp3) is 0.125. The third-order valence-corrected chi connectivity index (χ3v) is 3.25. The minimum Gasteiger partial charge on any atom is -0.493 e. The molecule has 0 aliphatic rings. The van der Waals surface area contributed by atoms with Gasteiger partial charge in [-0.05, 0) is 18.2 Å². The van der Waals surface area contributed by atoms with Gasteiger partial charge in [0.1, 0.15) is 0 Å². The zero-order chi connectivity index (χ0) is 14.8. The number of fused-ring (bicyclic) bond motifs is 1. The van der Waals surface area contributed by atoms with Crippen LogP contribution in [0, 0.1) is 6.33 Å². The smallest absolute Gasteiger partial charge is 0.198 e. The first-order chi connectivity index (χ1) is 10.2. The topological polar surface area (TPSA) is 70.3 Å². The summed E-state index contributed by atoms with van der Waals surface area (Å²) in [4.78, 5) is 8.43. The molecule has 2 N–H and O–H groups in total. The van der Waals surface area contributed by atoms with Crippen molar-refractivity contribution in [3.63, 3.8) is 0 Å². The fourth-order valence-electron chi connectivity index (χ4n) is 2.25. The average Bonchev–Trinajstić information content (AvgIpc) is 2.52. The van der Waals surface area contributed by atoms with Gasteiger partial charge in [-0.25, -0.2) is 9.97 Å². The molecule has 0 bridgehead atoms. The van der Waals surface area contributed by atoms with E-state index >= 15 is 0 Å². The van der Waals surface area contributed by atoms with Crippen molar-refractivity contribution >= 4 is 16.6 Å². The molecule has 21 heavy (non-hydrogen) atoms. The van der Waals surface area contributed by atoms with Crippen LogP contribution in [0.1, 0.15) is 0 Å². The van der Waals surface area contributed by atoms with E-state index in [1.54, 1.807) is 14.2 Å². The molecule has 1 aromatic heterocycles. The molecule has 0 spiro atoms. The number of nitrogen functional groups attached to an aromatic ring is 1. The Hall–Kier alpha value is -2.82. The van der Waals surface area contributed by atoms with Gasteiger partial charge < -0.3 is 15.2 Å². The van der Waals surface area contributed by atoms with E-state index in [0.717, 1.165) is 22.2 Å². The summed E-state index contributed by atoms with van der Waals surface area (Å²) in [5.41, 5.74) is 8.93. The number of anilines is 1. The molecule has 2 aromatic carbocycles. The van der Waals surface area contributed by atoms with E-state index in [1.807, 2.05) is 36.4 Å². The van der Waals surface area contributed by atoms with Crippen molar-refractivity contribution in [3.8, 4) is 22.8 Å². The van der Waals surface area contributed by atoms with Crippen molar-refractivity contribution in [1.29, 1.82) is 0 Å². The van der Waals surface area contributed by atoms with Crippen LogP contribution in [0.3, 0.4) is 0 Å². The maximum absolute atomic E-state index is 5.84. The van der Waals surface area contributed by atoms with Crippen LogP contribution in [0.4, 0.5) is 5.69 Å². The highest BCUT2D eigenvalue weighted by molar-refractivity contribution is 5.94. The molecule has 5 heteroatoms. The molecule has 0 fully saturated rings. The summed E-state index contributed by atoms with van der Waals surface area (Å²) >= 11 is 0. The Morgan fingerprint density at radius 3 is 2.48 bits per heavy atom. The molecule has 0 amide bonds. The lowest BCUT2D eigenvalue weighted by Gasteiger charge is -2.11. The molecular weight excluding hydrogens is 266 g/mol. The Morgan fingerprint density at radius 2 is 1.76 bits per heavy atom. The molecule has 1 radical (unpaired) electrons. The SMILES string of the molecule is COc1cc2n[c]nc(-c3cccc(N)c3)c2cc1OC. The van der Waals surface area contributed by atoms with Crippen LogP contribution in [0.5, 0.6) is 11.5 Å². The van der Waals surface area contributed by atoms with Gasteiger partial charge in [-0.2, -0.15) is 0 Å². The van der Waals surface area contributed by atoms with Crippen molar-refractivity contribution < 1.29 is 9.47 Å². The monoisotopic (exact) mass is 280 g/mol. The van der Waals surface area contributed by atoms with Crippen LogP contribution >= 0.6 is 0 Å². The van der Waals surface area contributed by atoms with E-state index in [9.17, 15) is 0 Å². The highest BCUT2D eigenvalue weighted by atomic mass is 16.5. The van der Waals surface area contributed by atoms with Crippen LogP contribution in [-0.4, -0.2) is 24.2 Å². The molecule has 5 nitrogen and oxygen atoms in total. The molecule has 0 saturated heterocycles. The number of benzene rings is 2. The molecule has 0 unspecified atom stereocenters. The van der Waals surface area contributed by atoms with Crippen molar-refractivity contribution in [1.82, 2.24) is 9.97 Å². The average molecular weight is 280 g/mol. The van der Waals surface area contributed by atoms with Gasteiger partial charge in [-0.3, -0.25) is 0 Å². The number of aromatic nitrogens is 2. The number of nitrogens with two attached hydrogens (primary N) is 1. The van der Waals surface area contributed by atoms with Gasteiger partial charge in [0.05, 0.1) is 25.4 Å². The molecule has 3 aromatic rings. The minimum atomic E-state index is 0.621. The molecular formula is C16H14N3O2. The lowest BCUT2D eigenvalue weighted by atomic mass is 10.1. The maximum atomic E-state index is 5.84. The number of nitrogens with zero attached hydrogens (tertiary/aromatic N) is 2. The summed E-state index contributed by atoms with van der Waals surface area (Å²) in [5.74, 6) is 1.25. The summed E-state index contributed by atoms with van der Waals surface area (Å²) in [6.07, 6.45) is 2.67. The van der Waals surface area contributed by atoms with Crippen molar-refractivity contribution in [2.75, 3.05) is 20.0 Å². The predicted molar refractivity (Wildman–Crippen MR) is 81.3 cm³/mol. The van der Waals surface area contributed by atoms with E-state index in [0.29, 0.717) is 17.2 Å². The fourth-order valence-corrected chi connectivity index (χ4v) is 2.25. The summed E-state index contributed by atoms with van der Waals surface area (Å²) in [5, 5.41) is 0.858. The largest absolute Gasteiger partial charge is 0.493 e. The van der Waals surface area contributed by atoms with Crippen LogP contribution in [0.25, 0.3) is 22.2 Å². The Bertz CT molecular complexity index is 803. The normalized spacial score (nSPS) is 10.6. The van der Waals surface area contributed by atoms with Gasteiger partial charge in [0.15, 0.2) is 17.8 Å². The van der Waals surface area contributed by atoms with Gasteiger partial charge in [0.2, 0.25) is 0 Å². The lowest BCUT2D eigenvalue weighted by Crippen LogP contribution is -1.95. The summed E-state index contributed by atoms with van der Waals surface area (Å²) in [7, 11) is 3.19. The second-order valence-corrected chi connectivity index (χ2v) is 4.52. The first-order valence-electron chi connectivity index (χ1n) is 6.38. The van der Waals surface area contributed by atoms with Gasteiger partial charge in [-0.15, -0.1) is 0 Å². The van der Waals surface area contributed by atoms with Gasteiger partial charge in [-0.1, -0.05) is 12.1 Å². The molecule has 0 aliphatic carbocycles. The van der Waals surface area contributed by atoms with Crippen LogP contribution in [0.2, 0.25) is 0 Å². The Morgan fingerprint density at radius 1 is 1.00 bits per heavy atom. The van der Waals surface area contributed by atoms with Crippen LogP contribution < -0.4 is 15.2 Å². The first kappa shape index (κ1) is 13.2. The van der Waals surface area contributed by atoms with Crippen molar-refractivity contribution in [2.24, 2.45) is 0 Å². The molecule has 105 valence electrons. The third kappa shape index (κ3) is 2.33. The number of methoxy groups -OCH3 is 2. The van der Waals surface area contributed by atoms with Crippen molar-refractivity contribution in [3.05, 3.63) is 42.7 Å². The predicted octanol–water partition coefficient (Wildman–Crippen LogP) is 2.70. The van der Waals surface area contributed by atoms with Crippen LogP contribution in [-0.2, 0) is 0 Å². The number of ether oxygens (including phenoxy) is 2. The molecule has 0 aliphatic heterocycles. The van der Waals surface area contributed by atoms with E-state index in [-0.39, 0.29) is 0 Å². The molecule has 0 atom stereocenters. The number of hydrogen-bond donors (Lipinski definition) is 1. The summed E-state index contributed by atoms with van der Waals surface area (Å²) in [6.45, 7) is 0. The van der Waals surface area contributed by atoms with Crippen LogP contribution in [0.15, 0.2) is 36.4 Å². The first-order valence-corrected chi connectivity index (χ1v) is 6.38. The second-order valence-electron chi connectivity index (χ2n) is 4.52. The summed E-state index contributed by atoms with van der Waals surface area (Å²) < 4.78 is 10.6. The van der Waals surface area contributed by atoms with Gasteiger partial charge >= 0.3 is 0 Å². The number of hydrogen-bond acceptors (Lipinski definition) is 5. The molecule has 3 rings (SSSR count). The van der Waals surface area contributed by atoms with Crippen molar-refractivity contribution in [2.45, 2.75) is 0 Å². The minimum absolute atomic E-state index is 0.621. The lowest BCUT2D eigenvalue weighted by molar-refractivity contribution is 0.356. The molecule has 0 saturated carbocycles. The number of rotatable bonds is 3. The quantitative estimate of drug-likeness (QED) is 0.747. The zero-order valence-electron chi connectivity index (χ0n) is 11.8. The third-order valence-electron chi connectivity index (χ3n) is 3.25. The van der Waals surface area contributed by atoms with E-state index in [2.05, 4.69) is 16.3 Å². The van der Waals surface area contributed by atoms with Gasteiger partial charge in [0.25, 0.3) is 0 Å². The van der Waals surface area contributed by atoms with Gasteiger partial charge in [0, 0.05) is 22.7 Å². The highest BCUT2D eigenvalue weighted by Gasteiger charge is 2.12. The van der Waals surface area contributed by atoms with E-state index < -0.39 is 0 Å². The Labute approximate surface area is 122 Å².